The monoisotopic (exact) mass is 335 g/mol. The van der Waals surface area contributed by atoms with Crippen LogP contribution in [0.15, 0.2) is 0 Å². The van der Waals surface area contributed by atoms with E-state index in [1.54, 1.807) is 0 Å². The molecule has 2 unspecified atom stereocenters. The number of hydrogen-bond acceptors (Lipinski definition) is 2. The molecular formula is C8H17N2OY2-. The zero-order valence-electron chi connectivity index (χ0n) is 8.87. The van der Waals surface area contributed by atoms with Gasteiger partial charge >= 0.3 is 0 Å². The Kier molecular flexibility index (Phi) is 18.1. The van der Waals surface area contributed by atoms with Crippen LogP contribution in [0.5, 0.6) is 0 Å². The molecule has 13 heavy (non-hydrogen) atoms. The minimum atomic E-state index is -0.0826. The predicted molar refractivity (Wildman–Crippen MR) is 46.6 cm³/mol. The standard InChI is InChI=1S/C8H18N2O.2Y/c1-6(9-4)5-7(2)10-8(3)11;;/h6-7,9H,5H2,1-4H3,(H,10,11);;/p-1. The summed E-state index contributed by atoms with van der Waals surface area (Å²) in [6, 6.07) is 0.558. The molecule has 0 fully saturated rings. The molecule has 5 heteroatoms. The molecule has 3 nitrogen and oxygen atoms in total. The molecule has 0 bridgehead atoms. The third-order valence-electron chi connectivity index (χ3n) is 1.59. The Labute approximate surface area is 131 Å². The summed E-state index contributed by atoms with van der Waals surface area (Å²) in [6.45, 7) is 5.52. The second kappa shape index (κ2) is 11.7. The van der Waals surface area contributed by atoms with E-state index in [-0.39, 0.29) is 77.4 Å². The smallest absolute Gasteiger partial charge is 0.0481 e. The first kappa shape index (κ1) is 20.1. The summed E-state index contributed by atoms with van der Waals surface area (Å²) in [5, 5.41) is 6.98. The predicted octanol–water partition coefficient (Wildman–Crippen LogP) is 1.29. The van der Waals surface area contributed by atoms with Crippen LogP contribution in [0.4, 0.5) is 0 Å². The Hall–Kier alpha value is 1.64. The van der Waals surface area contributed by atoms with E-state index >= 15 is 0 Å². The van der Waals surface area contributed by atoms with Gasteiger partial charge in [-0.1, -0.05) is 13.3 Å². The number of nitrogens with zero attached hydrogens (tertiary/aromatic N) is 1. The van der Waals surface area contributed by atoms with E-state index in [0.29, 0.717) is 6.04 Å². The maximum Gasteiger partial charge on any atom is 0.0481 e. The van der Waals surface area contributed by atoms with Crippen molar-refractivity contribution in [1.29, 1.82) is 0 Å². The number of carbonyl (C=O) groups excluding carboxylic acids is 1. The van der Waals surface area contributed by atoms with E-state index in [1.807, 2.05) is 14.0 Å². The first-order valence-electron chi connectivity index (χ1n) is 3.95. The van der Waals surface area contributed by atoms with Crippen LogP contribution in [0.25, 0.3) is 5.32 Å². The molecule has 0 aromatic carbocycles. The van der Waals surface area contributed by atoms with Gasteiger partial charge in [-0.25, -0.2) is 0 Å². The van der Waals surface area contributed by atoms with E-state index < -0.39 is 0 Å². The van der Waals surface area contributed by atoms with Crippen molar-refractivity contribution in [3.8, 4) is 0 Å². The fourth-order valence-corrected chi connectivity index (χ4v) is 0.993. The van der Waals surface area contributed by atoms with Crippen molar-refractivity contribution in [2.24, 2.45) is 0 Å². The maximum absolute atomic E-state index is 10.5. The molecule has 0 aliphatic rings. The van der Waals surface area contributed by atoms with Crippen LogP contribution in [0.2, 0.25) is 0 Å². The molecule has 72 valence electrons. The minimum absolute atomic E-state index is 0. The zero-order chi connectivity index (χ0) is 8.85. The molecule has 0 aliphatic heterocycles. The van der Waals surface area contributed by atoms with Crippen LogP contribution in [-0.2, 0) is 70.2 Å². The number of carbonyl (C=O) groups is 1. The number of hydrogen-bond donors (Lipinski definition) is 1. The summed E-state index contributed by atoms with van der Waals surface area (Å²) in [5.74, 6) is -0.0826. The Balaban J connectivity index is -0.000000500. The summed E-state index contributed by atoms with van der Waals surface area (Å²) in [6.07, 6.45) is 0.913. The zero-order valence-corrected chi connectivity index (χ0v) is 14.5. The van der Waals surface area contributed by atoms with Crippen molar-refractivity contribution < 1.29 is 70.2 Å². The first-order chi connectivity index (χ1) is 5.06. The molecule has 0 rings (SSSR count). The van der Waals surface area contributed by atoms with Gasteiger partial charge < -0.3 is 15.4 Å². The molecule has 0 spiro atoms. The fourth-order valence-electron chi connectivity index (χ4n) is 0.993. The van der Waals surface area contributed by atoms with Crippen molar-refractivity contribution in [3.05, 3.63) is 5.32 Å². The summed E-state index contributed by atoms with van der Waals surface area (Å²) < 4.78 is 0. The summed E-state index contributed by atoms with van der Waals surface area (Å²) in [4.78, 5) is 10.5. The van der Waals surface area contributed by atoms with E-state index in [1.165, 1.54) is 6.92 Å². The summed E-state index contributed by atoms with van der Waals surface area (Å²) in [7, 11) is 1.91. The number of rotatable bonds is 4. The molecule has 0 saturated carbocycles. The van der Waals surface area contributed by atoms with Crippen LogP contribution in [0.3, 0.4) is 0 Å². The quantitative estimate of drug-likeness (QED) is 0.841. The van der Waals surface area contributed by atoms with Crippen molar-refractivity contribution >= 4 is 5.91 Å². The van der Waals surface area contributed by atoms with Gasteiger partial charge in [0.1, 0.15) is 0 Å². The van der Waals surface area contributed by atoms with E-state index in [4.69, 9.17) is 0 Å². The Morgan fingerprint density at radius 3 is 2.15 bits per heavy atom. The fraction of sp³-hybridized carbons (Fsp3) is 0.875. The van der Waals surface area contributed by atoms with Crippen molar-refractivity contribution in [2.75, 3.05) is 7.05 Å². The van der Waals surface area contributed by atoms with Crippen molar-refractivity contribution in [1.82, 2.24) is 5.32 Å². The van der Waals surface area contributed by atoms with Gasteiger partial charge in [0.15, 0.2) is 0 Å². The van der Waals surface area contributed by atoms with Gasteiger partial charge in [0.2, 0.25) is 0 Å². The molecule has 1 N–H and O–H groups in total. The van der Waals surface area contributed by atoms with Gasteiger partial charge in [-0.15, -0.1) is 6.04 Å². The summed E-state index contributed by atoms with van der Waals surface area (Å²) in [5.41, 5.74) is 0. The van der Waals surface area contributed by atoms with Crippen LogP contribution in [-0.4, -0.2) is 25.0 Å². The van der Waals surface area contributed by atoms with E-state index in [0.717, 1.165) is 6.42 Å². The molecule has 0 saturated heterocycles. The molecule has 0 aromatic heterocycles. The second-order valence-corrected chi connectivity index (χ2v) is 2.92. The molecular weight excluding hydrogens is 318 g/mol. The Morgan fingerprint density at radius 1 is 1.38 bits per heavy atom. The van der Waals surface area contributed by atoms with Gasteiger partial charge in [0.25, 0.3) is 0 Å². The van der Waals surface area contributed by atoms with Crippen LogP contribution < -0.4 is 5.32 Å². The first-order valence-corrected chi connectivity index (χ1v) is 3.95. The largest absolute Gasteiger partial charge is 0.651 e. The maximum atomic E-state index is 10.5. The second-order valence-electron chi connectivity index (χ2n) is 2.92. The van der Waals surface area contributed by atoms with Gasteiger partial charge in [-0.05, 0) is 20.9 Å². The van der Waals surface area contributed by atoms with Crippen molar-refractivity contribution in [2.45, 2.75) is 39.3 Å². The number of amides is 1. The average Bonchev–Trinajstić information content (AvgIpc) is 1.85. The van der Waals surface area contributed by atoms with Crippen LogP contribution >= 0.6 is 0 Å². The molecule has 0 aliphatic carbocycles. The summed E-state index contributed by atoms with van der Waals surface area (Å²) >= 11 is 0. The topological polar surface area (TPSA) is 43.2 Å². The van der Waals surface area contributed by atoms with E-state index in [2.05, 4.69) is 17.6 Å². The molecule has 0 heterocycles. The normalized spacial score (nSPS) is 13.2. The van der Waals surface area contributed by atoms with E-state index in [9.17, 15) is 4.79 Å². The Morgan fingerprint density at radius 2 is 1.85 bits per heavy atom. The minimum Gasteiger partial charge on any atom is -0.651 e. The van der Waals surface area contributed by atoms with Gasteiger partial charge in [-0.2, -0.15) is 0 Å². The third kappa shape index (κ3) is 13.6. The van der Waals surface area contributed by atoms with Crippen LogP contribution in [0, 0.1) is 0 Å². The van der Waals surface area contributed by atoms with Crippen LogP contribution in [0.1, 0.15) is 27.2 Å². The third-order valence-corrected chi connectivity index (χ3v) is 1.59. The SMILES string of the molecule is CNC(C)CC(C)[N-]C(C)=O.[Y].[Y]. The van der Waals surface area contributed by atoms with Gasteiger partial charge in [-0.3, -0.25) is 0 Å². The van der Waals surface area contributed by atoms with Gasteiger partial charge in [0.05, 0.1) is 0 Å². The number of nitrogens with one attached hydrogen (secondary N) is 1. The van der Waals surface area contributed by atoms with Crippen molar-refractivity contribution in [3.63, 3.8) is 0 Å². The molecule has 1 amide bonds. The molecule has 2 atom stereocenters. The average molecular weight is 335 g/mol. The molecule has 2 radical (unpaired) electrons. The Bertz CT molecular complexity index is 133. The molecule has 0 aromatic rings. The van der Waals surface area contributed by atoms with Gasteiger partial charge in [0, 0.05) is 77.4 Å².